The number of anilines is 2. The lowest BCUT2D eigenvalue weighted by atomic mass is 10.2. The van der Waals surface area contributed by atoms with E-state index in [9.17, 15) is 9.18 Å². The fourth-order valence-electron chi connectivity index (χ4n) is 2.22. The minimum Gasteiger partial charge on any atom is -0.353 e. The molecule has 3 rings (SSSR count). The Morgan fingerprint density at radius 2 is 1.75 bits per heavy atom. The first-order valence-electron chi connectivity index (χ1n) is 7.52. The number of nitrogens with zero attached hydrogens (tertiary/aromatic N) is 1. The second kappa shape index (κ2) is 7.37. The normalized spacial score (nSPS) is 10.2. The summed E-state index contributed by atoms with van der Waals surface area (Å²) in [5.74, 6) is -0.638. The van der Waals surface area contributed by atoms with Crippen LogP contribution in [0.5, 0.6) is 0 Å². The van der Waals surface area contributed by atoms with Gasteiger partial charge in [-0.1, -0.05) is 42.5 Å². The van der Waals surface area contributed by atoms with E-state index in [0.717, 1.165) is 5.56 Å². The molecule has 0 radical (unpaired) electrons. The number of amides is 1. The van der Waals surface area contributed by atoms with Gasteiger partial charge < -0.3 is 10.6 Å². The van der Waals surface area contributed by atoms with Crippen LogP contribution in [0.2, 0.25) is 0 Å². The molecule has 2 aromatic carbocycles. The third-order valence-electron chi connectivity index (χ3n) is 3.44. The number of aromatic nitrogens is 1. The van der Waals surface area contributed by atoms with E-state index in [2.05, 4.69) is 15.6 Å². The van der Waals surface area contributed by atoms with E-state index in [0.29, 0.717) is 17.9 Å². The fourth-order valence-corrected chi connectivity index (χ4v) is 2.22. The van der Waals surface area contributed by atoms with E-state index in [1.165, 1.54) is 12.3 Å². The van der Waals surface area contributed by atoms with Crippen LogP contribution in [0.25, 0.3) is 0 Å². The number of hydrogen-bond donors (Lipinski definition) is 2. The van der Waals surface area contributed by atoms with Crippen molar-refractivity contribution in [3.05, 3.63) is 90.0 Å². The highest BCUT2D eigenvalue weighted by Crippen LogP contribution is 2.19. The van der Waals surface area contributed by atoms with Crippen LogP contribution in [0.4, 0.5) is 15.8 Å². The van der Waals surface area contributed by atoms with E-state index < -0.39 is 0 Å². The molecule has 0 bridgehead atoms. The number of hydrogen-bond acceptors (Lipinski definition) is 3. The summed E-state index contributed by atoms with van der Waals surface area (Å²) >= 11 is 0. The molecule has 0 spiro atoms. The zero-order valence-corrected chi connectivity index (χ0v) is 12.9. The van der Waals surface area contributed by atoms with Crippen molar-refractivity contribution < 1.29 is 9.18 Å². The predicted octanol–water partition coefficient (Wildman–Crippen LogP) is 3.89. The Balaban J connectivity index is 1.68. The van der Waals surface area contributed by atoms with Crippen LogP contribution < -0.4 is 10.6 Å². The van der Waals surface area contributed by atoms with Crippen molar-refractivity contribution in [1.82, 2.24) is 10.3 Å². The second-order valence-electron chi connectivity index (χ2n) is 5.20. The fraction of sp³-hybridized carbons (Fsp3) is 0.0526. The summed E-state index contributed by atoms with van der Waals surface area (Å²) in [6.07, 6.45) is 1.51. The molecule has 24 heavy (non-hydrogen) atoms. The first-order chi connectivity index (χ1) is 11.7. The summed E-state index contributed by atoms with van der Waals surface area (Å²) in [6.45, 7) is 0.423. The molecule has 0 aliphatic heterocycles. The van der Waals surface area contributed by atoms with Crippen LogP contribution in [-0.2, 0) is 6.54 Å². The molecular weight excluding hydrogens is 305 g/mol. The van der Waals surface area contributed by atoms with E-state index in [4.69, 9.17) is 0 Å². The second-order valence-corrected chi connectivity index (χ2v) is 5.20. The van der Waals surface area contributed by atoms with E-state index >= 15 is 0 Å². The van der Waals surface area contributed by atoms with Crippen molar-refractivity contribution in [2.45, 2.75) is 6.54 Å². The van der Waals surface area contributed by atoms with Crippen LogP contribution in [0.15, 0.2) is 72.9 Å². The Kier molecular flexibility index (Phi) is 4.81. The zero-order valence-electron chi connectivity index (χ0n) is 12.9. The zero-order chi connectivity index (χ0) is 16.8. The number of halogens is 1. The maximum atomic E-state index is 13.7. The van der Waals surface area contributed by atoms with Gasteiger partial charge in [0.25, 0.3) is 5.91 Å². The highest BCUT2D eigenvalue weighted by atomic mass is 19.1. The summed E-state index contributed by atoms with van der Waals surface area (Å²) in [7, 11) is 0. The van der Waals surface area contributed by atoms with Gasteiger partial charge in [0.15, 0.2) is 0 Å². The molecule has 0 atom stereocenters. The van der Waals surface area contributed by atoms with Crippen LogP contribution in [0.1, 0.15) is 16.1 Å². The molecule has 1 heterocycles. The maximum absolute atomic E-state index is 13.7. The summed E-state index contributed by atoms with van der Waals surface area (Å²) in [5, 5.41) is 5.76. The van der Waals surface area contributed by atoms with E-state index in [1.807, 2.05) is 30.3 Å². The van der Waals surface area contributed by atoms with Crippen LogP contribution in [0, 0.1) is 5.82 Å². The molecule has 5 heteroatoms. The summed E-state index contributed by atoms with van der Waals surface area (Å²) in [6, 6.07) is 19.3. The molecule has 0 saturated heterocycles. The lowest BCUT2D eigenvalue weighted by molar-refractivity contribution is 0.0946. The lowest BCUT2D eigenvalue weighted by Crippen LogP contribution is -2.23. The average molecular weight is 321 g/mol. The molecule has 4 nitrogen and oxygen atoms in total. The Bertz CT molecular complexity index is 837. The van der Waals surface area contributed by atoms with Crippen molar-refractivity contribution in [3.8, 4) is 0 Å². The molecule has 3 aromatic rings. The third kappa shape index (κ3) is 3.95. The molecule has 120 valence electrons. The number of benzene rings is 2. The molecule has 1 aromatic heterocycles. The van der Waals surface area contributed by atoms with Gasteiger partial charge in [0.1, 0.15) is 11.5 Å². The smallest absolute Gasteiger partial charge is 0.270 e. The lowest BCUT2D eigenvalue weighted by Gasteiger charge is -2.09. The van der Waals surface area contributed by atoms with Gasteiger partial charge in [0.05, 0.1) is 5.69 Å². The number of rotatable bonds is 5. The van der Waals surface area contributed by atoms with Gasteiger partial charge in [-0.3, -0.25) is 9.78 Å². The minimum absolute atomic E-state index is 0.271. The topological polar surface area (TPSA) is 54.0 Å². The Morgan fingerprint density at radius 1 is 1.00 bits per heavy atom. The first kappa shape index (κ1) is 15.7. The van der Waals surface area contributed by atoms with Gasteiger partial charge in [0, 0.05) is 18.4 Å². The quantitative estimate of drug-likeness (QED) is 0.749. The highest BCUT2D eigenvalue weighted by Gasteiger charge is 2.08. The molecule has 0 unspecified atom stereocenters. The van der Waals surface area contributed by atoms with Crippen LogP contribution >= 0.6 is 0 Å². The van der Waals surface area contributed by atoms with Gasteiger partial charge in [0.2, 0.25) is 0 Å². The van der Waals surface area contributed by atoms with Crippen LogP contribution in [-0.4, -0.2) is 10.9 Å². The Hall–Kier alpha value is -3.21. The highest BCUT2D eigenvalue weighted by molar-refractivity contribution is 5.93. The van der Waals surface area contributed by atoms with Gasteiger partial charge in [-0.25, -0.2) is 4.39 Å². The van der Waals surface area contributed by atoms with Gasteiger partial charge in [-0.2, -0.15) is 0 Å². The number of pyridine rings is 1. The van der Waals surface area contributed by atoms with Crippen molar-refractivity contribution in [1.29, 1.82) is 0 Å². The van der Waals surface area contributed by atoms with E-state index in [1.54, 1.807) is 30.3 Å². The van der Waals surface area contributed by atoms with Gasteiger partial charge in [-0.05, 0) is 29.8 Å². The number of para-hydroxylation sites is 1. The van der Waals surface area contributed by atoms with Crippen molar-refractivity contribution >= 4 is 17.3 Å². The predicted molar refractivity (Wildman–Crippen MR) is 91.5 cm³/mol. The Morgan fingerprint density at radius 3 is 2.54 bits per heavy atom. The van der Waals surface area contributed by atoms with Crippen molar-refractivity contribution in [3.63, 3.8) is 0 Å². The van der Waals surface area contributed by atoms with Crippen molar-refractivity contribution in [2.75, 3.05) is 5.32 Å². The molecular formula is C19H16FN3O. The van der Waals surface area contributed by atoms with Crippen LogP contribution in [0.3, 0.4) is 0 Å². The molecule has 0 aliphatic rings. The molecule has 0 fully saturated rings. The minimum atomic E-state index is -0.357. The SMILES string of the molecule is O=C(NCc1ccccc1)c1cc(Nc2ccccc2F)ccn1. The molecule has 1 amide bonds. The first-order valence-corrected chi connectivity index (χ1v) is 7.52. The average Bonchev–Trinajstić information content (AvgIpc) is 2.63. The molecule has 0 aliphatic carbocycles. The van der Waals surface area contributed by atoms with Gasteiger partial charge >= 0.3 is 0 Å². The Labute approximate surface area is 139 Å². The van der Waals surface area contributed by atoms with Crippen molar-refractivity contribution in [2.24, 2.45) is 0 Å². The third-order valence-corrected chi connectivity index (χ3v) is 3.44. The number of nitrogens with one attached hydrogen (secondary N) is 2. The number of carbonyl (C=O) groups is 1. The maximum Gasteiger partial charge on any atom is 0.270 e. The summed E-state index contributed by atoms with van der Waals surface area (Å²) < 4.78 is 13.7. The largest absolute Gasteiger partial charge is 0.353 e. The number of carbonyl (C=O) groups excluding carboxylic acids is 1. The van der Waals surface area contributed by atoms with Gasteiger partial charge in [-0.15, -0.1) is 0 Å². The summed E-state index contributed by atoms with van der Waals surface area (Å²) in [5.41, 5.74) is 2.22. The summed E-state index contributed by atoms with van der Waals surface area (Å²) in [4.78, 5) is 16.3. The standard InChI is InChI=1S/C19H16FN3O/c20-16-8-4-5-9-17(16)23-15-10-11-21-18(12-15)19(24)22-13-14-6-2-1-3-7-14/h1-12H,13H2,(H,21,23)(H,22,24). The monoisotopic (exact) mass is 321 g/mol. The molecule has 2 N–H and O–H groups in total. The molecule has 0 saturated carbocycles. The van der Waals surface area contributed by atoms with E-state index in [-0.39, 0.29) is 17.4 Å².